The second kappa shape index (κ2) is 9.80. The molecule has 0 aromatic heterocycles. The highest BCUT2D eigenvalue weighted by Crippen LogP contribution is 2.27. The zero-order valence-corrected chi connectivity index (χ0v) is 18.2. The van der Waals surface area contributed by atoms with Crippen molar-refractivity contribution < 1.29 is 17.9 Å². The highest BCUT2D eigenvalue weighted by Gasteiger charge is 2.23. The molecule has 0 spiro atoms. The van der Waals surface area contributed by atoms with Crippen molar-refractivity contribution in [1.29, 1.82) is 0 Å². The number of carbonyl (C=O) groups is 1. The maximum Gasteiger partial charge on any atom is 0.241 e. The third-order valence-electron chi connectivity index (χ3n) is 3.71. The quantitative estimate of drug-likeness (QED) is 0.616. The smallest absolute Gasteiger partial charge is 0.241 e. The topological polar surface area (TPSA) is 84.5 Å². The van der Waals surface area contributed by atoms with Crippen LogP contribution >= 0.6 is 34.8 Å². The van der Waals surface area contributed by atoms with E-state index >= 15 is 0 Å². The Kier molecular flexibility index (Phi) is 7.97. The number of benzene rings is 2. The number of carbonyl (C=O) groups excluding carboxylic acids is 1. The lowest BCUT2D eigenvalue weighted by Gasteiger charge is -2.15. The molecule has 0 unspecified atom stereocenters. The fourth-order valence-corrected chi connectivity index (χ4v) is 4.28. The molecule has 1 atom stereocenters. The van der Waals surface area contributed by atoms with Crippen molar-refractivity contribution in [1.82, 2.24) is 10.0 Å². The zero-order valence-electron chi connectivity index (χ0n) is 15.1. The molecule has 6 nitrogen and oxygen atoms in total. The summed E-state index contributed by atoms with van der Waals surface area (Å²) in [6.07, 6.45) is 0. The van der Waals surface area contributed by atoms with Crippen LogP contribution in [-0.4, -0.2) is 27.0 Å². The predicted molar refractivity (Wildman–Crippen MR) is 111 cm³/mol. The molecule has 0 saturated carbocycles. The van der Waals surface area contributed by atoms with Crippen LogP contribution in [0.3, 0.4) is 0 Å². The molecule has 2 aromatic rings. The van der Waals surface area contributed by atoms with Crippen LogP contribution < -0.4 is 14.8 Å². The average molecular weight is 466 g/mol. The number of ether oxygens (including phenoxy) is 1. The Morgan fingerprint density at radius 3 is 2.43 bits per heavy atom. The van der Waals surface area contributed by atoms with E-state index in [9.17, 15) is 13.2 Å². The number of hydrogen-bond acceptors (Lipinski definition) is 4. The van der Waals surface area contributed by atoms with Gasteiger partial charge in [-0.1, -0.05) is 40.9 Å². The summed E-state index contributed by atoms with van der Waals surface area (Å²) in [6.45, 7) is 3.77. The SMILES string of the molecule is CCOc1ccc(S(=O)(=O)N[C@H](C)C(=O)NCc2ccc(Cl)cc2Cl)cc1Cl. The third kappa shape index (κ3) is 5.99. The normalized spacial score (nSPS) is 12.5. The number of sulfonamides is 1. The van der Waals surface area contributed by atoms with E-state index in [4.69, 9.17) is 39.5 Å². The van der Waals surface area contributed by atoms with E-state index in [1.165, 1.54) is 25.1 Å². The van der Waals surface area contributed by atoms with Crippen molar-refractivity contribution in [2.75, 3.05) is 6.61 Å². The number of hydrogen-bond donors (Lipinski definition) is 2. The Morgan fingerprint density at radius 1 is 1.11 bits per heavy atom. The van der Waals surface area contributed by atoms with Crippen molar-refractivity contribution in [3.63, 3.8) is 0 Å². The summed E-state index contributed by atoms with van der Waals surface area (Å²) in [6, 6.07) is 7.98. The minimum Gasteiger partial charge on any atom is -0.492 e. The minimum absolute atomic E-state index is 0.0682. The van der Waals surface area contributed by atoms with Gasteiger partial charge >= 0.3 is 0 Å². The van der Waals surface area contributed by atoms with E-state index in [-0.39, 0.29) is 16.5 Å². The average Bonchev–Trinajstić information content (AvgIpc) is 2.62. The molecule has 0 radical (unpaired) electrons. The summed E-state index contributed by atoms with van der Waals surface area (Å²) in [5.74, 6) is -0.125. The van der Waals surface area contributed by atoms with E-state index in [0.29, 0.717) is 28.0 Å². The molecule has 0 fully saturated rings. The van der Waals surface area contributed by atoms with Gasteiger partial charge in [-0.2, -0.15) is 4.72 Å². The van der Waals surface area contributed by atoms with Crippen LogP contribution in [0.5, 0.6) is 5.75 Å². The molecule has 0 aliphatic heterocycles. The Balaban J connectivity index is 2.02. The number of halogens is 3. The molecule has 0 heterocycles. The van der Waals surface area contributed by atoms with Crippen LogP contribution in [0.4, 0.5) is 0 Å². The van der Waals surface area contributed by atoms with Gasteiger partial charge in [-0.15, -0.1) is 0 Å². The van der Waals surface area contributed by atoms with E-state index in [1.807, 2.05) is 0 Å². The van der Waals surface area contributed by atoms with Gasteiger partial charge in [-0.3, -0.25) is 4.79 Å². The van der Waals surface area contributed by atoms with E-state index in [2.05, 4.69) is 10.0 Å². The molecular formula is C18H19Cl3N2O4S. The second-order valence-corrected chi connectivity index (χ2v) is 8.79. The van der Waals surface area contributed by atoms with E-state index < -0.39 is 22.0 Å². The fraction of sp³-hybridized carbons (Fsp3) is 0.278. The molecule has 0 aliphatic carbocycles. The first-order valence-electron chi connectivity index (χ1n) is 8.30. The summed E-state index contributed by atoms with van der Waals surface area (Å²) in [5.41, 5.74) is 0.660. The van der Waals surface area contributed by atoms with Crippen LogP contribution in [0.2, 0.25) is 15.1 Å². The molecule has 10 heteroatoms. The van der Waals surface area contributed by atoms with Gasteiger partial charge in [-0.05, 0) is 49.7 Å². The van der Waals surface area contributed by atoms with Crippen LogP contribution in [0.25, 0.3) is 0 Å². The predicted octanol–water partition coefficient (Wildman–Crippen LogP) is 4.03. The molecule has 2 N–H and O–H groups in total. The van der Waals surface area contributed by atoms with Crippen molar-refractivity contribution >= 4 is 50.7 Å². The van der Waals surface area contributed by atoms with Crippen molar-refractivity contribution in [2.24, 2.45) is 0 Å². The summed E-state index contributed by atoms with van der Waals surface area (Å²) >= 11 is 17.9. The van der Waals surface area contributed by atoms with Gasteiger partial charge in [0.2, 0.25) is 15.9 Å². The van der Waals surface area contributed by atoms with Crippen LogP contribution in [-0.2, 0) is 21.4 Å². The van der Waals surface area contributed by atoms with Crippen molar-refractivity contribution in [3.05, 3.63) is 57.0 Å². The lowest BCUT2D eigenvalue weighted by Crippen LogP contribution is -2.44. The summed E-state index contributed by atoms with van der Waals surface area (Å²) in [4.78, 5) is 12.2. The van der Waals surface area contributed by atoms with Crippen LogP contribution in [0, 0.1) is 0 Å². The Hall–Kier alpha value is -1.51. The van der Waals surface area contributed by atoms with Crippen LogP contribution in [0.1, 0.15) is 19.4 Å². The number of amides is 1. The van der Waals surface area contributed by atoms with Gasteiger partial charge in [-0.25, -0.2) is 8.42 Å². The standard InChI is InChI=1S/C18H19Cl3N2O4S/c1-3-27-17-7-6-14(9-16(17)21)28(25,26)23-11(2)18(24)22-10-12-4-5-13(19)8-15(12)20/h4-9,11,23H,3,10H2,1-2H3,(H,22,24)/t11-/m1/s1. The molecule has 2 rings (SSSR count). The van der Waals surface area contributed by atoms with E-state index in [1.54, 1.807) is 25.1 Å². The van der Waals surface area contributed by atoms with Gasteiger partial charge < -0.3 is 10.1 Å². The molecule has 1 amide bonds. The monoisotopic (exact) mass is 464 g/mol. The maximum atomic E-state index is 12.5. The molecule has 152 valence electrons. The summed E-state index contributed by atoms with van der Waals surface area (Å²) < 4.78 is 32.6. The molecular weight excluding hydrogens is 447 g/mol. The Morgan fingerprint density at radius 2 is 1.82 bits per heavy atom. The molecule has 0 bridgehead atoms. The second-order valence-electron chi connectivity index (χ2n) is 5.82. The summed E-state index contributed by atoms with van der Waals surface area (Å²) in [5, 5.41) is 3.69. The van der Waals surface area contributed by atoms with Gasteiger partial charge in [0.05, 0.1) is 22.6 Å². The number of nitrogens with one attached hydrogen (secondary N) is 2. The van der Waals surface area contributed by atoms with Gasteiger partial charge in [0.1, 0.15) is 5.75 Å². The first-order chi connectivity index (χ1) is 13.1. The van der Waals surface area contributed by atoms with Crippen LogP contribution in [0.15, 0.2) is 41.3 Å². The number of rotatable bonds is 8. The highest BCUT2D eigenvalue weighted by atomic mass is 35.5. The lowest BCUT2D eigenvalue weighted by atomic mass is 10.2. The Labute approximate surface area is 179 Å². The largest absolute Gasteiger partial charge is 0.492 e. The first-order valence-corrected chi connectivity index (χ1v) is 10.9. The first kappa shape index (κ1) is 22.8. The highest BCUT2D eigenvalue weighted by molar-refractivity contribution is 7.89. The van der Waals surface area contributed by atoms with Gasteiger partial charge in [0.15, 0.2) is 0 Å². The molecule has 2 aromatic carbocycles. The van der Waals surface area contributed by atoms with Crippen molar-refractivity contribution in [2.45, 2.75) is 31.3 Å². The third-order valence-corrected chi connectivity index (χ3v) is 6.13. The summed E-state index contributed by atoms with van der Waals surface area (Å²) in [7, 11) is -3.95. The molecule has 28 heavy (non-hydrogen) atoms. The fourth-order valence-electron chi connectivity index (χ4n) is 2.28. The van der Waals surface area contributed by atoms with E-state index in [0.717, 1.165) is 0 Å². The van der Waals surface area contributed by atoms with Crippen molar-refractivity contribution in [3.8, 4) is 5.75 Å². The molecule has 0 aliphatic rings. The lowest BCUT2D eigenvalue weighted by molar-refractivity contribution is -0.122. The zero-order chi connectivity index (χ0) is 20.9. The molecule has 0 saturated heterocycles. The van der Waals surface area contributed by atoms with Gasteiger partial charge in [0.25, 0.3) is 0 Å². The van der Waals surface area contributed by atoms with Gasteiger partial charge in [0, 0.05) is 16.6 Å². The maximum absolute atomic E-state index is 12.5. The Bertz CT molecular complexity index is 967. The minimum atomic E-state index is -3.95.